The predicted molar refractivity (Wildman–Crippen MR) is 82.5 cm³/mol. The van der Waals surface area contributed by atoms with Crippen molar-refractivity contribution in [3.05, 3.63) is 35.4 Å². The first kappa shape index (κ1) is 13.0. The van der Waals surface area contributed by atoms with Crippen molar-refractivity contribution in [3.63, 3.8) is 0 Å². The minimum atomic E-state index is -0.539. The highest BCUT2D eigenvalue weighted by atomic mass is 16.5. The number of aliphatic hydroxyl groups is 1. The van der Waals surface area contributed by atoms with Crippen LogP contribution >= 0.6 is 0 Å². The van der Waals surface area contributed by atoms with Gasteiger partial charge in [-0.15, -0.1) is 0 Å². The Hall–Kier alpha value is -1.52. The van der Waals surface area contributed by atoms with Crippen LogP contribution < -0.4 is 9.47 Å². The predicted octanol–water partition coefficient (Wildman–Crippen LogP) is 1.50. The first-order valence-corrected chi connectivity index (χ1v) is 8.10. The summed E-state index contributed by atoms with van der Waals surface area (Å²) in [5, 5.41) is 10.6. The number of likely N-dealkylation sites (tertiary alicyclic amines) is 1. The fraction of sp³-hybridized carbons (Fsp3) is 0.556. The van der Waals surface area contributed by atoms with E-state index in [1.165, 1.54) is 11.1 Å². The number of ether oxygens (including phenoxy) is 2. The Kier molecular flexibility index (Phi) is 2.39. The summed E-state index contributed by atoms with van der Waals surface area (Å²) < 4.78 is 11.8. The number of nitrogens with zero attached hydrogens (tertiary/aromatic N) is 1. The van der Waals surface area contributed by atoms with Crippen molar-refractivity contribution in [2.75, 3.05) is 20.7 Å². The van der Waals surface area contributed by atoms with E-state index in [9.17, 15) is 5.11 Å². The summed E-state index contributed by atoms with van der Waals surface area (Å²) in [5.41, 5.74) is 2.60. The molecule has 1 spiro atoms. The van der Waals surface area contributed by atoms with Gasteiger partial charge in [0.25, 0.3) is 0 Å². The normalized spacial score (nSPS) is 41.0. The minimum Gasteiger partial charge on any atom is -0.493 e. The van der Waals surface area contributed by atoms with Crippen LogP contribution in [0.4, 0.5) is 0 Å². The molecule has 0 amide bonds. The van der Waals surface area contributed by atoms with Gasteiger partial charge in [0, 0.05) is 22.9 Å². The van der Waals surface area contributed by atoms with E-state index in [0.29, 0.717) is 12.0 Å². The molecule has 0 aromatic heterocycles. The zero-order valence-corrected chi connectivity index (χ0v) is 13.0. The third-order valence-corrected chi connectivity index (χ3v) is 6.35. The van der Waals surface area contributed by atoms with Crippen molar-refractivity contribution >= 4 is 0 Å². The fourth-order valence-electron chi connectivity index (χ4n) is 5.39. The van der Waals surface area contributed by atoms with Gasteiger partial charge in [0.1, 0.15) is 12.2 Å². The van der Waals surface area contributed by atoms with E-state index < -0.39 is 6.10 Å². The second-order valence-corrected chi connectivity index (χ2v) is 7.11. The van der Waals surface area contributed by atoms with Gasteiger partial charge in [-0.1, -0.05) is 18.2 Å². The lowest BCUT2D eigenvalue weighted by Gasteiger charge is -2.56. The third-order valence-electron chi connectivity index (χ3n) is 6.35. The van der Waals surface area contributed by atoms with Crippen LogP contribution in [0.25, 0.3) is 0 Å². The summed E-state index contributed by atoms with van der Waals surface area (Å²) in [7, 11) is 3.91. The van der Waals surface area contributed by atoms with E-state index in [1.807, 2.05) is 12.1 Å². The molecule has 1 aromatic carbocycles. The van der Waals surface area contributed by atoms with Crippen molar-refractivity contribution in [2.45, 2.75) is 36.5 Å². The number of benzene rings is 1. The highest BCUT2D eigenvalue weighted by Crippen LogP contribution is 2.62. The van der Waals surface area contributed by atoms with Crippen LogP contribution in [-0.2, 0) is 11.8 Å². The van der Waals surface area contributed by atoms with Gasteiger partial charge in [0.05, 0.1) is 7.11 Å². The molecular weight excluding hydrogens is 278 g/mol. The fourth-order valence-corrected chi connectivity index (χ4v) is 5.39. The average Bonchev–Trinajstić information content (AvgIpc) is 2.88. The van der Waals surface area contributed by atoms with Gasteiger partial charge in [0.2, 0.25) is 0 Å². The molecule has 2 heterocycles. The summed E-state index contributed by atoms with van der Waals surface area (Å²) in [4.78, 5) is 2.47. The molecule has 2 aliphatic heterocycles. The highest BCUT2D eigenvalue weighted by Gasteiger charge is 2.64. The maximum atomic E-state index is 10.6. The summed E-state index contributed by atoms with van der Waals surface area (Å²) in [5.74, 6) is 2.09. The smallest absolute Gasteiger partial charge is 0.165 e. The maximum Gasteiger partial charge on any atom is 0.165 e. The molecule has 5 atom stereocenters. The van der Waals surface area contributed by atoms with Crippen LogP contribution in [0.15, 0.2) is 24.3 Å². The molecule has 0 radical (unpaired) electrons. The molecule has 4 nitrogen and oxygen atoms in total. The number of likely N-dealkylation sites (N-methyl/N-ethyl adjacent to an activating group) is 1. The molecule has 1 fully saturated rings. The molecule has 1 N–H and O–H groups in total. The minimum absolute atomic E-state index is 0.0806. The van der Waals surface area contributed by atoms with Gasteiger partial charge in [-0.05, 0) is 38.1 Å². The zero-order valence-electron chi connectivity index (χ0n) is 13.0. The van der Waals surface area contributed by atoms with Crippen molar-refractivity contribution < 1.29 is 14.6 Å². The molecule has 0 saturated carbocycles. The van der Waals surface area contributed by atoms with Crippen LogP contribution in [0.2, 0.25) is 0 Å². The molecule has 5 rings (SSSR count). The van der Waals surface area contributed by atoms with Crippen molar-refractivity contribution in [1.82, 2.24) is 4.90 Å². The molecule has 116 valence electrons. The standard InChI is InChI=1S/C18H21NO3/c1-19-8-7-18-11-4-5-13(20)17(18)22-16-14(21-2)6-3-10(15(16)18)9-12(11)19/h3-6,11-13,17,20H,7-9H2,1-2H3/t11-,12-,13-,17?,18-/m0/s1. The number of hydrogen-bond acceptors (Lipinski definition) is 4. The third kappa shape index (κ3) is 1.28. The van der Waals surface area contributed by atoms with Crippen molar-refractivity contribution in [2.24, 2.45) is 5.92 Å². The largest absolute Gasteiger partial charge is 0.493 e. The molecular formula is C18H21NO3. The summed E-state index contributed by atoms with van der Waals surface area (Å²) in [6.45, 7) is 1.05. The van der Waals surface area contributed by atoms with Crippen LogP contribution in [0, 0.1) is 5.92 Å². The average molecular weight is 299 g/mol. The quantitative estimate of drug-likeness (QED) is 0.798. The molecule has 2 bridgehead atoms. The first-order valence-electron chi connectivity index (χ1n) is 8.10. The molecule has 1 unspecified atom stereocenters. The van der Waals surface area contributed by atoms with E-state index in [1.54, 1.807) is 7.11 Å². The summed E-state index contributed by atoms with van der Waals surface area (Å²) in [6.07, 6.45) is 5.54. The summed E-state index contributed by atoms with van der Waals surface area (Å²) in [6, 6.07) is 4.70. The number of piperidine rings is 1. The van der Waals surface area contributed by atoms with E-state index in [0.717, 1.165) is 30.9 Å². The molecule has 4 aliphatic rings. The van der Waals surface area contributed by atoms with Gasteiger partial charge < -0.3 is 19.5 Å². The highest BCUT2D eigenvalue weighted by molar-refractivity contribution is 5.62. The van der Waals surface area contributed by atoms with E-state index in [2.05, 4.69) is 24.1 Å². The topological polar surface area (TPSA) is 41.9 Å². The lowest BCUT2D eigenvalue weighted by atomic mass is 9.53. The number of hydrogen-bond donors (Lipinski definition) is 1. The van der Waals surface area contributed by atoms with Crippen molar-refractivity contribution in [3.8, 4) is 11.5 Å². The van der Waals surface area contributed by atoms with Gasteiger partial charge in [-0.3, -0.25) is 0 Å². The second-order valence-electron chi connectivity index (χ2n) is 7.11. The zero-order chi connectivity index (χ0) is 15.1. The Morgan fingerprint density at radius 1 is 1.36 bits per heavy atom. The number of methoxy groups -OCH3 is 1. The van der Waals surface area contributed by atoms with Gasteiger partial charge in [-0.25, -0.2) is 0 Å². The van der Waals surface area contributed by atoms with Crippen LogP contribution in [0.1, 0.15) is 17.5 Å². The lowest BCUT2D eigenvalue weighted by Crippen LogP contribution is -2.64. The van der Waals surface area contributed by atoms with Crippen LogP contribution in [0.5, 0.6) is 11.5 Å². The Balaban J connectivity index is 1.82. The Bertz CT molecular complexity index is 685. The lowest BCUT2D eigenvalue weighted by molar-refractivity contribution is -0.0453. The molecule has 22 heavy (non-hydrogen) atoms. The van der Waals surface area contributed by atoms with Crippen LogP contribution in [0.3, 0.4) is 0 Å². The van der Waals surface area contributed by atoms with E-state index >= 15 is 0 Å². The number of aliphatic hydroxyl groups excluding tert-OH is 1. The van der Waals surface area contributed by atoms with Gasteiger partial charge in [-0.2, -0.15) is 0 Å². The van der Waals surface area contributed by atoms with E-state index in [-0.39, 0.29) is 11.5 Å². The summed E-state index contributed by atoms with van der Waals surface area (Å²) >= 11 is 0. The monoisotopic (exact) mass is 299 g/mol. The Labute approximate surface area is 130 Å². The van der Waals surface area contributed by atoms with Crippen LogP contribution in [-0.4, -0.2) is 49.0 Å². The molecule has 1 aromatic rings. The molecule has 4 heteroatoms. The SMILES string of the molecule is COc1ccc2c3c1OC1[C@@H](O)C=C[C@H]4[C@H](C2)N(C)CC[C@]314. The van der Waals surface area contributed by atoms with Gasteiger partial charge in [0.15, 0.2) is 11.5 Å². The van der Waals surface area contributed by atoms with E-state index in [4.69, 9.17) is 9.47 Å². The number of rotatable bonds is 1. The first-order chi connectivity index (χ1) is 10.7. The Morgan fingerprint density at radius 2 is 2.23 bits per heavy atom. The van der Waals surface area contributed by atoms with Crippen molar-refractivity contribution in [1.29, 1.82) is 0 Å². The maximum absolute atomic E-state index is 10.6. The molecule has 1 saturated heterocycles. The van der Waals surface area contributed by atoms with Gasteiger partial charge >= 0.3 is 0 Å². The second kappa shape index (κ2) is 4.06. The molecule has 2 aliphatic carbocycles. The Morgan fingerprint density at radius 3 is 3.05 bits per heavy atom.